The van der Waals surface area contributed by atoms with E-state index in [1.165, 1.54) is 0 Å². The molecule has 0 bridgehead atoms. The number of rotatable bonds is 4. The monoisotopic (exact) mass is 259 g/mol. The number of pyridine rings is 1. The lowest BCUT2D eigenvalue weighted by Crippen LogP contribution is -2.39. The first-order valence-electron chi connectivity index (χ1n) is 6.17. The zero-order chi connectivity index (χ0) is 13.8. The Bertz CT molecular complexity index is 526. The maximum absolute atomic E-state index is 10.9. The highest BCUT2D eigenvalue weighted by molar-refractivity contribution is 5.52. The molecule has 1 aromatic heterocycles. The minimum atomic E-state index is -0.184. The molecule has 0 spiro atoms. The van der Waals surface area contributed by atoms with Gasteiger partial charge in [-0.2, -0.15) is 5.11 Å². The molecule has 1 aliphatic rings. The van der Waals surface area contributed by atoms with Gasteiger partial charge in [0.2, 0.25) is 6.41 Å². The van der Waals surface area contributed by atoms with Crippen LogP contribution in [0.2, 0.25) is 0 Å². The van der Waals surface area contributed by atoms with Crippen LogP contribution < -0.4 is 5.32 Å². The molecule has 1 unspecified atom stereocenters. The van der Waals surface area contributed by atoms with Crippen molar-refractivity contribution in [2.24, 2.45) is 5.11 Å². The van der Waals surface area contributed by atoms with E-state index in [2.05, 4.69) is 15.4 Å². The summed E-state index contributed by atoms with van der Waals surface area (Å²) in [6.07, 6.45) is 3.19. The van der Waals surface area contributed by atoms with E-state index in [4.69, 9.17) is 5.53 Å². The van der Waals surface area contributed by atoms with Crippen molar-refractivity contribution in [1.29, 1.82) is 5.53 Å². The number of hydrogen-bond acceptors (Lipinski definition) is 5. The summed E-state index contributed by atoms with van der Waals surface area (Å²) in [5, 5.41) is 6.78. The van der Waals surface area contributed by atoms with Gasteiger partial charge in [0.05, 0.1) is 6.04 Å². The van der Waals surface area contributed by atoms with Crippen LogP contribution >= 0.6 is 0 Å². The van der Waals surface area contributed by atoms with Gasteiger partial charge in [-0.25, -0.2) is 10.5 Å². The largest absolute Gasteiger partial charge is 0.342 e. The fraction of sp³-hybridized carbons (Fsp3) is 0.385. The molecule has 1 aliphatic heterocycles. The lowest BCUT2D eigenvalue weighted by Gasteiger charge is -2.31. The average Bonchev–Trinajstić information content (AvgIpc) is 2.39. The van der Waals surface area contributed by atoms with Gasteiger partial charge in [0.1, 0.15) is 11.5 Å². The molecule has 0 radical (unpaired) electrons. The Kier molecular flexibility index (Phi) is 3.89. The van der Waals surface area contributed by atoms with Crippen molar-refractivity contribution >= 4 is 12.2 Å². The molecular weight excluding hydrogens is 242 g/mol. The van der Waals surface area contributed by atoms with Gasteiger partial charge < -0.3 is 10.2 Å². The number of nitrogens with zero attached hydrogens (tertiary/aromatic N) is 3. The molecule has 1 amide bonds. The number of carbonyl (C=O) groups excluding carboxylic acids is 1. The molecule has 0 saturated heterocycles. The van der Waals surface area contributed by atoms with Crippen LogP contribution in [-0.4, -0.2) is 28.9 Å². The average molecular weight is 259 g/mol. The summed E-state index contributed by atoms with van der Waals surface area (Å²) < 4.78 is 0. The van der Waals surface area contributed by atoms with Gasteiger partial charge in [0, 0.05) is 24.9 Å². The Morgan fingerprint density at radius 1 is 1.63 bits per heavy atom. The predicted octanol–water partition coefficient (Wildman–Crippen LogP) is 2.30. The Hall–Kier alpha value is -2.24. The number of aromatic nitrogens is 1. The van der Waals surface area contributed by atoms with Crippen molar-refractivity contribution in [2.75, 3.05) is 11.9 Å². The van der Waals surface area contributed by atoms with Crippen LogP contribution in [0.1, 0.15) is 18.9 Å². The van der Waals surface area contributed by atoms with E-state index in [0.717, 1.165) is 23.5 Å². The summed E-state index contributed by atoms with van der Waals surface area (Å²) in [5.74, 6) is 0.739. The molecule has 6 nitrogen and oxygen atoms in total. The van der Waals surface area contributed by atoms with E-state index in [9.17, 15) is 4.79 Å². The lowest BCUT2D eigenvalue weighted by atomic mass is 10.1. The molecule has 2 rings (SSSR count). The second-order valence-electron chi connectivity index (χ2n) is 4.59. The molecule has 0 aromatic carbocycles. The zero-order valence-corrected chi connectivity index (χ0v) is 11.1. The van der Waals surface area contributed by atoms with E-state index in [1.54, 1.807) is 11.1 Å². The maximum Gasteiger partial charge on any atom is 0.210 e. The van der Waals surface area contributed by atoms with E-state index in [-0.39, 0.29) is 6.04 Å². The molecule has 6 heteroatoms. The number of anilines is 1. The molecule has 2 heterocycles. The van der Waals surface area contributed by atoms with Crippen molar-refractivity contribution in [3.63, 3.8) is 0 Å². The van der Waals surface area contributed by atoms with Gasteiger partial charge in [-0.15, -0.1) is 0 Å². The number of nitrogens with one attached hydrogen (secondary N) is 2. The summed E-state index contributed by atoms with van der Waals surface area (Å²) in [7, 11) is 0. The number of aryl methyl sites for hydroxylation is 1. The first-order chi connectivity index (χ1) is 9.15. The fourth-order valence-electron chi connectivity index (χ4n) is 2.16. The third kappa shape index (κ3) is 2.78. The van der Waals surface area contributed by atoms with Crippen LogP contribution in [0.3, 0.4) is 0 Å². The number of amides is 1. The van der Waals surface area contributed by atoms with Crippen LogP contribution in [-0.2, 0) is 4.79 Å². The predicted molar refractivity (Wildman–Crippen MR) is 71.6 cm³/mol. The van der Waals surface area contributed by atoms with Crippen molar-refractivity contribution < 1.29 is 4.79 Å². The number of hydrogen-bond donors (Lipinski definition) is 2. The van der Waals surface area contributed by atoms with Gasteiger partial charge in [-0.1, -0.05) is 0 Å². The fourth-order valence-corrected chi connectivity index (χ4v) is 2.16. The van der Waals surface area contributed by atoms with Crippen molar-refractivity contribution in [2.45, 2.75) is 26.3 Å². The van der Waals surface area contributed by atoms with Crippen LogP contribution in [0.4, 0.5) is 5.82 Å². The molecular formula is C13H17N5O. The summed E-state index contributed by atoms with van der Waals surface area (Å²) in [5.41, 5.74) is 9.85. The highest BCUT2D eigenvalue weighted by Crippen LogP contribution is 2.25. The highest BCUT2D eigenvalue weighted by Gasteiger charge is 2.25. The second kappa shape index (κ2) is 5.60. The van der Waals surface area contributed by atoms with Crippen LogP contribution in [0, 0.1) is 12.5 Å². The third-order valence-corrected chi connectivity index (χ3v) is 3.27. The first kappa shape index (κ1) is 13.2. The zero-order valence-electron chi connectivity index (χ0n) is 11.1. The topological polar surface area (TPSA) is 81.4 Å². The van der Waals surface area contributed by atoms with Crippen molar-refractivity contribution in [3.8, 4) is 0 Å². The van der Waals surface area contributed by atoms with E-state index in [0.29, 0.717) is 18.7 Å². The van der Waals surface area contributed by atoms with Crippen LogP contribution in [0.25, 0.3) is 0 Å². The summed E-state index contributed by atoms with van der Waals surface area (Å²) in [6.45, 7) is 4.48. The molecule has 19 heavy (non-hydrogen) atoms. The van der Waals surface area contributed by atoms with Gasteiger partial charge in [0.25, 0.3) is 0 Å². The summed E-state index contributed by atoms with van der Waals surface area (Å²) in [4.78, 5) is 16.8. The number of carbonyl (C=O) groups is 1. The molecule has 2 N–H and O–H groups in total. The molecule has 0 aliphatic carbocycles. The molecule has 0 saturated carbocycles. The first-order valence-corrected chi connectivity index (χ1v) is 6.17. The van der Waals surface area contributed by atoms with Crippen LogP contribution in [0.5, 0.6) is 0 Å². The maximum atomic E-state index is 10.9. The second-order valence-corrected chi connectivity index (χ2v) is 4.59. The molecule has 1 aromatic rings. The Balaban J connectivity index is 2.27. The Morgan fingerprint density at radius 3 is 3.05 bits per heavy atom. The summed E-state index contributed by atoms with van der Waals surface area (Å²) in [6, 6.07) is 3.68. The molecule has 1 atom stereocenters. The molecule has 100 valence electrons. The minimum absolute atomic E-state index is 0.184. The van der Waals surface area contributed by atoms with Gasteiger partial charge in [0.15, 0.2) is 0 Å². The van der Waals surface area contributed by atoms with Crippen molar-refractivity contribution in [1.82, 2.24) is 9.88 Å². The normalized spacial score (nSPS) is 19.3. The third-order valence-electron chi connectivity index (χ3n) is 3.27. The van der Waals surface area contributed by atoms with Crippen LogP contribution in [0.15, 0.2) is 34.8 Å². The lowest BCUT2D eigenvalue weighted by molar-refractivity contribution is -0.119. The van der Waals surface area contributed by atoms with E-state index < -0.39 is 0 Å². The minimum Gasteiger partial charge on any atom is -0.342 e. The molecule has 0 fully saturated rings. The quantitative estimate of drug-likeness (QED) is 0.643. The highest BCUT2D eigenvalue weighted by atomic mass is 16.1. The smallest absolute Gasteiger partial charge is 0.210 e. The standard InChI is InChI=1S/C13H17N5O/c1-9-3-5-15-12(7-9)16-11-4-6-18(8-19)10(2)13(11)17-14/h3,5,7-8,10,14H,4,6H2,1-2H3,(H,15,16). The Morgan fingerprint density at radius 2 is 2.42 bits per heavy atom. The summed E-state index contributed by atoms with van der Waals surface area (Å²) >= 11 is 0. The Labute approximate surface area is 112 Å². The van der Waals surface area contributed by atoms with Gasteiger partial charge in [-0.3, -0.25) is 4.79 Å². The van der Waals surface area contributed by atoms with E-state index >= 15 is 0 Å². The van der Waals surface area contributed by atoms with Gasteiger partial charge in [-0.05, 0) is 31.5 Å². The van der Waals surface area contributed by atoms with Gasteiger partial charge >= 0.3 is 0 Å². The van der Waals surface area contributed by atoms with E-state index in [1.807, 2.05) is 26.0 Å². The SMILES string of the molecule is Cc1ccnc(NC2=C(N=N)C(C)N(C=O)CC2)c1. The van der Waals surface area contributed by atoms with Crippen molar-refractivity contribution in [3.05, 3.63) is 35.3 Å².